The number of hydrogen-bond donors (Lipinski definition) is 1. The van der Waals surface area contributed by atoms with Gasteiger partial charge >= 0.3 is 0 Å². The van der Waals surface area contributed by atoms with E-state index < -0.39 is 0 Å². The lowest BCUT2D eigenvalue weighted by atomic mass is 10.3. The minimum atomic E-state index is 0.273. The summed E-state index contributed by atoms with van der Waals surface area (Å²) in [6, 6.07) is 2.00. The van der Waals surface area contributed by atoms with Gasteiger partial charge in [0.25, 0.3) is 0 Å². The van der Waals surface area contributed by atoms with Crippen LogP contribution in [0.1, 0.15) is 5.82 Å². The molecule has 7 heteroatoms. The highest BCUT2D eigenvalue weighted by molar-refractivity contribution is 7.16. The quantitative estimate of drug-likeness (QED) is 0.752. The van der Waals surface area contributed by atoms with Gasteiger partial charge in [0.2, 0.25) is 5.28 Å². The van der Waals surface area contributed by atoms with Crippen LogP contribution in [-0.4, -0.2) is 26.1 Å². The molecule has 0 spiro atoms. The van der Waals surface area contributed by atoms with Crippen LogP contribution in [0.3, 0.4) is 0 Å². The fourth-order valence-corrected chi connectivity index (χ4v) is 2.88. The maximum absolute atomic E-state index is 5.91. The van der Waals surface area contributed by atoms with Crippen molar-refractivity contribution in [2.45, 2.75) is 6.42 Å². The number of aryl methyl sites for hydroxylation is 1. The van der Waals surface area contributed by atoms with Crippen LogP contribution in [0.2, 0.25) is 5.28 Å². The summed E-state index contributed by atoms with van der Waals surface area (Å²) in [6.45, 7) is 0.753. The molecule has 3 rings (SSSR count). The molecule has 0 aliphatic carbocycles. The van der Waals surface area contributed by atoms with E-state index in [1.54, 1.807) is 17.5 Å². The molecule has 3 aromatic rings. The number of anilines is 1. The Bertz CT molecular complexity index is 705. The smallest absolute Gasteiger partial charge is 0.225 e. The molecular formula is C12H12ClN5S. The maximum atomic E-state index is 5.91. The number of halogens is 1. The highest BCUT2D eigenvalue weighted by Crippen LogP contribution is 2.26. The molecule has 0 saturated heterocycles. The van der Waals surface area contributed by atoms with Crippen LogP contribution >= 0.6 is 22.9 Å². The minimum Gasteiger partial charge on any atom is -0.369 e. The lowest BCUT2D eigenvalue weighted by molar-refractivity contribution is 0.789. The standard InChI is InChI=1S/C12H12ClN5S/c1-18-6-5-14-9(18)2-4-15-10-8-3-7-19-11(8)17-12(13)16-10/h3,5-7H,2,4H2,1H3,(H,15,16,17). The van der Waals surface area contributed by atoms with Gasteiger partial charge in [0, 0.05) is 32.4 Å². The summed E-state index contributed by atoms with van der Waals surface area (Å²) in [5.74, 6) is 1.82. The zero-order chi connectivity index (χ0) is 13.2. The Kier molecular flexibility index (Phi) is 3.35. The van der Waals surface area contributed by atoms with Gasteiger partial charge in [-0.2, -0.15) is 0 Å². The lowest BCUT2D eigenvalue weighted by Crippen LogP contribution is -2.10. The average Bonchev–Trinajstić information content (AvgIpc) is 2.98. The first-order valence-electron chi connectivity index (χ1n) is 5.85. The van der Waals surface area contributed by atoms with Crippen molar-refractivity contribution in [1.29, 1.82) is 0 Å². The van der Waals surface area contributed by atoms with E-state index >= 15 is 0 Å². The average molecular weight is 294 g/mol. The molecule has 0 bridgehead atoms. The van der Waals surface area contributed by atoms with Crippen molar-refractivity contribution >= 4 is 39.0 Å². The number of hydrogen-bond acceptors (Lipinski definition) is 5. The lowest BCUT2D eigenvalue weighted by Gasteiger charge is -2.07. The van der Waals surface area contributed by atoms with Crippen molar-refractivity contribution in [3.8, 4) is 0 Å². The summed E-state index contributed by atoms with van der Waals surface area (Å²) in [6.07, 6.45) is 4.57. The van der Waals surface area contributed by atoms with E-state index in [1.165, 1.54) is 0 Å². The first kappa shape index (κ1) is 12.4. The zero-order valence-corrected chi connectivity index (χ0v) is 11.9. The van der Waals surface area contributed by atoms with Crippen molar-refractivity contribution < 1.29 is 0 Å². The van der Waals surface area contributed by atoms with Gasteiger partial charge in [-0.1, -0.05) is 0 Å². The van der Waals surface area contributed by atoms with Crippen molar-refractivity contribution in [3.05, 3.63) is 34.9 Å². The van der Waals surface area contributed by atoms with Crippen LogP contribution in [0.25, 0.3) is 10.2 Å². The van der Waals surface area contributed by atoms with Gasteiger partial charge < -0.3 is 9.88 Å². The largest absolute Gasteiger partial charge is 0.369 e. The molecule has 0 atom stereocenters. The molecule has 19 heavy (non-hydrogen) atoms. The van der Waals surface area contributed by atoms with Crippen molar-refractivity contribution in [2.24, 2.45) is 7.05 Å². The van der Waals surface area contributed by atoms with Gasteiger partial charge in [-0.05, 0) is 23.0 Å². The number of rotatable bonds is 4. The Hall–Kier alpha value is -1.66. The Morgan fingerprint density at radius 3 is 3.11 bits per heavy atom. The van der Waals surface area contributed by atoms with Crippen molar-refractivity contribution in [3.63, 3.8) is 0 Å². The van der Waals surface area contributed by atoms with E-state index in [-0.39, 0.29) is 5.28 Å². The molecule has 0 aliphatic heterocycles. The van der Waals surface area contributed by atoms with Crippen LogP contribution in [0.5, 0.6) is 0 Å². The van der Waals surface area contributed by atoms with E-state index in [0.717, 1.165) is 34.8 Å². The monoisotopic (exact) mass is 293 g/mol. The van der Waals surface area contributed by atoms with Crippen LogP contribution < -0.4 is 5.32 Å². The molecular weight excluding hydrogens is 282 g/mol. The molecule has 1 N–H and O–H groups in total. The summed E-state index contributed by atoms with van der Waals surface area (Å²) in [5.41, 5.74) is 0. The SMILES string of the molecule is Cn1ccnc1CCNc1nc(Cl)nc2sccc12. The van der Waals surface area contributed by atoms with E-state index in [0.29, 0.717) is 0 Å². The Morgan fingerprint density at radius 1 is 1.42 bits per heavy atom. The van der Waals surface area contributed by atoms with Crippen LogP contribution in [0.4, 0.5) is 5.82 Å². The second-order valence-electron chi connectivity index (χ2n) is 4.11. The first-order chi connectivity index (χ1) is 9.24. The summed E-state index contributed by atoms with van der Waals surface area (Å²) >= 11 is 7.47. The van der Waals surface area contributed by atoms with E-state index in [1.807, 2.05) is 29.3 Å². The third-order valence-electron chi connectivity index (χ3n) is 2.86. The van der Waals surface area contributed by atoms with Gasteiger partial charge in [-0.25, -0.2) is 15.0 Å². The molecule has 0 amide bonds. The number of aromatic nitrogens is 4. The van der Waals surface area contributed by atoms with Crippen LogP contribution in [0.15, 0.2) is 23.8 Å². The summed E-state index contributed by atoms with van der Waals surface area (Å²) in [5, 5.41) is 6.56. The highest BCUT2D eigenvalue weighted by Gasteiger charge is 2.07. The van der Waals surface area contributed by atoms with E-state index in [9.17, 15) is 0 Å². The second-order valence-corrected chi connectivity index (χ2v) is 5.34. The minimum absolute atomic E-state index is 0.273. The molecule has 3 heterocycles. The normalized spacial score (nSPS) is 11.1. The van der Waals surface area contributed by atoms with E-state index in [4.69, 9.17) is 11.6 Å². The van der Waals surface area contributed by atoms with Gasteiger partial charge in [-0.3, -0.25) is 0 Å². The maximum Gasteiger partial charge on any atom is 0.225 e. The fourth-order valence-electron chi connectivity index (χ4n) is 1.89. The topological polar surface area (TPSA) is 55.6 Å². The van der Waals surface area contributed by atoms with Crippen LogP contribution in [-0.2, 0) is 13.5 Å². The van der Waals surface area contributed by atoms with Crippen molar-refractivity contribution in [1.82, 2.24) is 19.5 Å². The number of fused-ring (bicyclic) bond motifs is 1. The van der Waals surface area contributed by atoms with E-state index in [2.05, 4.69) is 20.3 Å². The Labute approximate surface area is 119 Å². The number of nitrogens with zero attached hydrogens (tertiary/aromatic N) is 4. The third-order valence-corrected chi connectivity index (χ3v) is 3.84. The third kappa shape index (κ3) is 2.54. The Morgan fingerprint density at radius 2 is 2.32 bits per heavy atom. The predicted molar refractivity (Wildman–Crippen MR) is 77.8 cm³/mol. The predicted octanol–water partition coefficient (Wildman–Crippen LogP) is 2.73. The zero-order valence-electron chi connectivity index (χ0n) is 10.3. The molecule has 98 valence electrons. The molecule has 0 radical (unpaired) electrons. The van der Waals surface area contributed by atoms with Gasteiger partial charge in [0.05, 0.1) is 5.39 Å². The number of nitrogens with one attached hydrogen (secondary N) is 1. The molecule has 0 aliphatic rings. The molecule has 3 aromatic heterocycles. The fraction of sp³-hybridized carbons (Fsp3) is 0.250. The van der Waals surface area contributed by atoms with Gasteiger partial charge in [-0.15, -0.1) is 11.3 Å². The second kappa shape index (κ2) is 5.14. The molecule has 0 fully saturated rings. The van der Waals surface area contributed by atoms with Gasteiger partial charge in [0.1, 0.15) is 16.5 Å². The molecule has 5 nitrogen and oxygen atoms in total. The number of imidazole rings is 1. The molecule has 0 unspecified atom stereocenters. The number of thiophene rings is 1. The summed E-state index contributed by atoms with van der Waals surface area (Å²) in [7, 11) is 1.99. The van der Waals surface area contributed by atoms with Crippen LogP contribution in [0, 0.1) is 0 Å². The first-order valence-corrected chi connectivity index (χ1v) is 7.10. The Balaban J connectivity index is 1.75. The highest BCUT2D eigenvalue weighted by atomic mass is 35.5. The summed E-state index contributed by atoms with van der Waals surface area (Å²) < 4.78 is 2.01. The van der Waals surface area contributed by atoms with Gasteiger partial charge in [0.15, 0.2) is 0 Å². The van der Waals surface area contributed by atoms with Crippen molar-refractivity contribution in [2.75, 3.05) is 11.9 Å². The summed E-state index contributed by atoms with van der Waals surface area (Å²) in [4.78, 5) is 13.6. The molecule has 0 aromatic carbocycles. The molecule has 0 saturated carbocycles.